The third-order valence-corrected chi connectivity index (χ3v) is 11.0. The van der Waals surface area contributed by atoms with Crippen molar-refractivity contribution in [2.24, 2.45) is 0 Å². The van der Waals surface area contributed by atoms with Gasteiger partial charge in [0.2, 0.25) is 6.71 Å². The van der Waals surface area contributed by atoms with E-state index in [2.05, 4.69) is 190 Å². The summed E-state index contributed by atoms with van der Waals surface area (Å²) < 4.78 is 4.91. The lowest BCUT2D eigenvalue weighted by molar-refractivity contribution is 1.18. The summed E-state index contributed by atoms with van der Waals surface area (Å²) in [6.45, 7) is 13.7. The predicted octanol–water partition coefficient (Wildman–Crippen LogP) is 10.2. The normalized spacial score (nSPS) is 11.7. The van der Waals surface area contributed by atoms with E-state index < -0.39 is 0 Å². The lowest BCUT2D eigenvalue weighted by atomic mass is 9.34. The molecule has 9 rings (SSSR count). The van der Waals surface area contributed by atoms with Gasteiger partial charge in [0.05, 0.1) is 22.1 Å². The van der Waals surface area contributed by atoms with Gasteiger partial charge in [-0.15, -0.1) is 0 Å². The first kappa shape index (κ1) is 31.2. The minimum Gasteiger partial charge on any atom is -0.309 e. The molecule has 0 saturated carbocycles. The highest BCUT2D eigenvalue weighted by atomic mass is 15.0. The Balaban J connectivity index is 1.34. The van der Waals surface area contributed by atoms with Gasteiger partial charge in [0.1, 0.15) is 0 Å². The summed E-state index contributed by atoms with van der Waals surface area (Å²) >= 11 is 0. The number of rotatable bonds is 5. The maximum absolute atomic E-state index is 2.49. The molecule has 2 aromatic heterocycles. The molecule has 0 bridgehead atoms. The van der Waals surface area contributed by atoms with E-state index in [0.717, 1.165) is 0 Å². The first-order chi connectivity index (χ1) is 24.8. The first-order valence-corrected chi connectivity index (χ1v) is 18.1. The van der Waals surface area contributed by atoms with Crippen LogP contribution in [0.5, 0.6) is 0 Å². The van der Waals surface area contributed by atoms with Crippen LogP contribution < -0.4 is 16.4 Å². The Morgan fingerprint density at radius 1 is 0.353 bits per heavy atom. The minimum atomic E-state index is 0.106. The van der Waals surface area contributed by atoms with E-state index >= 15 is 0 Å². The van der Waals surface area contributed by atoms with Gasteiger partial charge in [-0.1, -0.05) is 141 Å². The second-order valence-electron chi connectivity index (χ2n) is 14.6. The van der Waals surface area contributed by atoms with Crippen molar-refractivity contribution in [3.05, 3.63) is 173 Å². The summed E-state index contributed by atoms with van der Waals surface area (Å²) in [5, 5.41) is 5.04. The molecule has 0 saturated heterocycles. The molecule has 246 valence electrons. The second kappa shape index (κ2) is 11.9. The van der Waals surface area contributed by atoms with Crippen LogP contribution in [0.2, 0.25) is 0 Å². The monoisotopic (exact) mass is 656 g/mol. The molecule has 0 atom stereocenters. The van der Waals surface area contributed by atoms with Crippen molar-refractivity contribution in [3.63, 3.8) is 0 Å². The van der Waals surface area contributed by atoms with Gasteiger partial charge in [-0.05, 0) is 90.1 Å². The van der Waals surface area contributed by atoms with Crippen LogP contribution in [0.25, 0.3) is 55.0 Å². The van der Waals surface area contributed by atoms with Gasteiger partial charge in [-0.25, -0.2) is 0 Å². The molecule has 51 heavy (non-hydrogen) atoms. The van der Waals surface area contributed by atoms with Crippen LogP contribution in [0, 0.1) is 41.5 Å². The predicted molar refractivity (Wildman–Crippen MR) is 221 cm³/mol. The van der Waals surface area contributed by atoms with Crippen LogP contribution in [-0.2, 0) is 0 Å². The summed E-state index contributed by atoms with van der Waals surface area (Å²) in [5.74, 6) is 0. The third-order valence-electron chi connectivity index (χ3n) is 11.0. The van der Waals surface area contributed by atoms with Gasteiger partial charge < -0.3 is 9.13 Å². The standard InChI is InChI=1S/C48H41BN2/c1-30-23-32(3)47(33(4)24-30)49(48-34(5)25-31(2)26-35(48)6)36-15-14-18-38(27-36)51-44-22-13-11-20-40(44)42-28-45-41(29-46(42)51)39-19-10-12-21-43(39)50(45)37-16-8-7-9-17-37/h7-29H,1-6H3. The Kier molecular flexibility index (Phi) is 7.29. The largest absolute Gasteiger partial charge is 0.309 e. The molecule has 0 spiro atoms. The van der Waals surface area contributed by atoms with Crippen molar-refractivity contribution in [2.45, 2.75) is 41.5 Å². The first-order valence-electron chi connectivity index (χ1n) is 18.1. The van der Waals surface area contributed by atoms with Crippen molar-refractivity contribution in [3.8, 4) is 11.4 Å². The van der Waals surface area contributed by atoms with Gasteiger partial charge in [0, 0.05) is 32.9 Å². The molecule has 0 aliphatic carbocycles. The Bertz CT molecular complexity index is 2710. The van der Waals surface area contributed by atoms with Crippen molar-refractivity contribution in [1.29, 1.82) is 0 Å². The Labute approximate surface area is 300 Å². The number of fused-ring (bicyclic) bond motifs is 6. The SMILES string of the molecule is Cc1cc(C)c(B(c2cccc(-n3c4ccccc4c4cc5c(cc43)c3ccccc3n5-c3ccccc3)c2)c2c(C)cc(C)cc2C)c(C)c1. The smallest absolute Gasteiger partial charge is 0.242 e. The number of aryl methyl sites for hydroxylation is 6. The zero-order chi connectivity index (χ0) is 35.0. The van der Waals surface area contributed by atoms with Gasteiger partial charge in [0.15, 0.2) is 0 Å². The number of nitrogens with zero attached hydrogens (tertiary/aromatic N) is 2. The fraction of sp³-hybridized carbons (Fsp3) is 0.125. The van der Waals surface area contributed by atoms with E-state index in [1.54, 1.807) is 0 Å². The number of benzene rings is 7. The Morgan fingerprint density at radius 3 is 1.29 bits per heavy atom. The summed E-state index contributed by atoms with van der Waals surface area (Å²) in [5.41, 5.74) is 19.4. The summed E-state index contributed by atoms with van der Waals surface area (Å²) in [4.78, 5) is 0. The highest BCUT2D eigenvalue weighted by Gasteiger charge is 2.29. The molecule has 0 amide bonds. The maximum Gasteiger partial charge on any atom is 0.242 e. The number of hydrogen-bond donors (Lipinski definition) is 0. The van der Waals surface area contributed by atoms with Gasteiger partial charge in [-0.3, -0.25) is 0 Å². The minimum absolute atomic E-state index is 0.106. The number of aromatic nitrogens is 2. The molecule has 7 aromatic carbocycles. The molecule has 0 N–H and O–H groups in total. The van der Waals surface area contributed by atoms with E-state index in [-0.39, 0.29) is 6.71 Å². The highest BCUT2D eigenvalue weighted by molar-refractivity contribution is 6.96. The highest BCUT2D eigenvalue weighted by Crippen LogP contribution is 2.39. The van der Waals surface area contributed by atoms with E-state index in [4.69, 9.17) is 0 Å². The molecule has 0 unspecified atom stereocenters. The third kappa shape index (κ3) is 4.94. The molecular weight excluding hydrogens is 615 g/mol. The summed E-state index contributed by atoms with van der Waals surface area (Å²) in [6.07, 6.45) is 0. The van der Waals surface area contributed by atoms with Crippen LogP contribution in [0.15, 0.2) is 140 Å². The lowest BCUT2D eigenvalue weighted by Crippen LogP contribution is -2.55. The Hall–Kier alpha value is -5.80. The molecule has 3 heteroatoms. The molecule has 0 radical (unpaired) electrons. The lowest BCUT2D eigenvalue weighted by Gasteiger charge is -2.25. The molecular formula is C48H41BN2. The summed E-state index contributed by atoms with van der Waals surface area (Å²) in [7, 11) is 0. The van der Waals surface area contributed by atoms with Crippen LogP contribution in [-0.4, -0.2) is 15.8 Å². The molecule has 0 aliphatic rings. The average Bonchev–Trinajstić information content (AvgIpc) is 3.61. The zero-order valence-corrected chi connectivity index (χ0v) is 30.3. The van der Waals surface area contributed by atoms with Gasteiger partial charge in [-0.2, -0.15) is 0 Å². The number of para-hydroxylation sites is 3. The van der Waals surface area contributed by atoms with Crippen molar-refractivity contribution in [2.75, 3.05) is 0 Å². The van der Waals surface area contributed by atoms with Crippen LogP contribution >= 0.6 is 0 Å². The van der Waals surface area contributed by atoms with Crippen molar-refractivity contribution in [1.82, 2.24) is 9.13 Å². The van der Waals surface area contributed by atoms with Crippen LogP contribution in [0.3, 0.4) is 0 Å². The molecule has 2 heterocycles. The zero-order valence-electron chi connectivity index (χ0n) is 30.3. The number of hydrogen-bond acceptors (Lipinski definition) is 0. The Morgan fingerprint density at radius 2 is 0.784 bits per heavy atom. The van der Waals surface area contributed by atoms with Gasteiger partial charge >= 0.3 is 0 Å². The van der Waals surface area contributed by atoms with E-state index in [9.17, 15) is 0 Å². The van der Waals surface area contributed by atoms with Crippen LogP contribution in [0.1, 0.15) is 33.4 Å². The molecule has 2 nitrogen and oxygen atoms in total. The van der Waals surface area contributed by atoms with Gasteiger partial charge in [0.25, 0.3) is 0 Å². The second-order valence-corrected chi connectivity index (χ2v) is 14.6. The van der Waals surface area contributed by atoms with E-state index in [0.29, 0.717) is 0 Å². The van der Waals surface area contributed by atoms with E-state index in [1.807, 2.05) is 0 Å². The maximum atomic E-state index is 2.49. The molecule has 9 aromatic rings. The van der Waals surface area contributed by atoms with Crippen molar-refractivity contribution < 1.29 is 0 Å². The average molecular weight is 657 g/mol. The van der Waals surface area contributed by atoms with Crippen LogP contribution in [0.4, 0.5) is 0 Å². The summed E-state index contributed by atoms with van der Waals surface area (Å²) in [6, 6.07) is 52.0. The van der Waals surface area contributed by atoms with E-state index in [1.165, 1.54) is 105 Å². The fourth-order valence-electron chi connectivity index (χ4n) is 9.18. The fourth-order valence-corrected chi connectivity index (χ4v) is 9.18. The quantitative estimate of drug-likeness (QED) is 0.163. The topological polar surface area (TPSA) is 9.86 Å². The van der Waals surface area contributed by atoms with Crippen molar-refractivity contribution >= 4 is 66.7 Å². The molecule has 0 fully saturated rings. The molecule has 0 aliphatic heterocycles.